The van der Waals surface area contributed by atoms with Crippen molar-refractivity contribution < 1.29 is 24.2 Å². The number of ether oxygens (including phenoxy) is 1. The molecule has 0 aliphatic carbocycles. The van der Waals surface area contributed by atoms with E-state index in [0.29, 0.717) is 39.1 Å². The summed E-state index contributed by atoms with van der Waals surface area (Å²) in [7, 11) is 0. The SMILES string of the molecule is C=CCCCOC(=O)[C@H]1[C@H]2C(=O)N(CCCCCCO)C(C(=O)N(CC=C)Cc3ccccc3)C23CC(Br)[C@@H]1S3. The quantitative estimate of drug-likeness (QED) is 0.123. The second-order valence-corrected chi connectivity index (χ2v) is 13.6. The van der Waals surface area contributed by atoms with E-state index in [1.165, 1.54) is 0 Å². The molecule has 3 aliphatic heterocycles. The fourth-order valence-electron chi connectivity index (χ4n) is 6.53. The second-order valence-electron chi connectivity index (χ2n) is 10.9. The van der Waals surface area contributed by atoms with Gasteiger partial charge in [-0.2, -0.15) is 0 Å². The number of fused-ring (bicyclic) bond motifs is 1. The van der Waals surface area contributed by atoms with Crippen molar-refractivity contribution in [3.8, 4) is 0 Å². The molecule has 3 saturated heterocycles. The zero-order chi connectivity index (χ0) is 28.7. The number of nitrogens with zero attached hydrogens (tertiary/aromatic N) is 2. The maximum absolute atomic E-state index is 14.5. The van der Waals surface area contributed by atoms with Crippen molar-refractivity contribution in [3.05, 3.63) is 61.2 Å². The first-order valence-corrected chi connectivity index (χ1v) is 16.1. The number of carbonyl (C=O) groups excluding carboxylic acids is 3. The molecule has 3 unspecified atom stereocenters. The maximum atomic E-state index is 14.5. The average molecular weight is 634 g/mol. The van der Waals surface area contributed by atoms with Gasteiger partial charge in [0.05, 0.1) is 23.2 Å². The monoisotopic (exact) mass is 632 g/mol. The number of carbonyl (C=O) groups is 3. The Hall–Kier alpha value is -2.10. The van der Waals surface area contributed by atoms with Gasteiger partial charge in [-0.25, -0.2) is 0 Å². The van der Waals surface area contributed by atoms with E-state index >= 15 is 0 Å². The van der Waals surface area contributed by atoms with Crippen LogP contribution >= 0.6 is 27.7 Å². The van der Waals surface area contributed by atoms with E-state index in [9.17, 15) is 14.4 Å². The van der Waals surface area contributed by atoms with Crippen LogP contribution < -0.4 is 0 Å². The number of amides is 2. The van der Waals surface area contributed by atoms with E-state index in [1.807, 2.05) is 30.3 Å². The van der Waals surface area contributed by atoms with E-state index in [2.05, 4.69) is 29.1 Å². The van der Waals surface area contributed by atoms with Crippen molar-refractivity contribution in [1.29, 1.82) is 0 Å². The molecule has 1 aromatic rings. The molecule has 7 nitrogen and oxygen atoms in total. The topological polar surface area (TPSA) is 87.1 Å². The molecular formula is C31H41BrN2O5S. The molecule has 0 aromatic heterocycles. The van der Waals surface area contributed by atoms with E-state index in [1.54, 1.807) is 33.7 Å². The van der Waals surface area contributed by atoms with Gasteiger partial charge in [-0.05, 0) is 37.7 Å². The number of allylic oxidation sites excluding steroid dienone is 1. The van der Waals surface area contributed by atoms with Crippen LogP contribution in [0.3, 0.4) is 0 Å². The minimum absolute atomic E-state index is 0.00839. The van der Waals surface area contributed by atoms with Crippen LogP contribution in [0.1, 0.15) is 50.5 Å². The van der Waals surface area contributed by atoms with Crippen molar-refractivity contribution in [2.24, 2.45) is 11.8 Å². The summed E-state index contributed by atoms with van der Waals surface area (Å²) in [5, 5.41) is 9.04. The van der Waals surface area contributed by atoms with Gasteiger partial charge in [0.25, 0.3) is 0 Å². The van der Waals surface area contributed by atoms with Gasteiger partial charge in [0.2, 0.25) is 11.8 Å². The van der Waals surface area contributed by atoms with Crippen LogP contribution in [0.25, 0.3) is 0 Å². The Labute approximate surface area is 250 Å². The number of rotatable bonds is 16. The fraction of sp³-hybridized carbons (Fsp3) is 0.581. The lowest BCUT2D eigenvalue weighted by Gasteiger charge is -2.38. The molecule has 218 valence electrons. The summed E-state index contributed by atoms with van der Waals surface area (Å²) in [4.78, 5) is 45.7. The fourth-order valence-corrected chi connectivity index (χ4v) is 10.1. The highest BCUT2D eigenvalue weighted by Crippen LogP contribution is 2.68. The number of thioether (sulfide) groups is 1. The number of unbranched alkanes of at least 4 members (excludes halogenated alkanes) is 4. The Balaban J connectivity index is 1.64. The zero-order valence-corrected chi connectivity index (χ0v) is 25.5. The van der Waals surface area contributed by atoms with Gasteiger partial charge in [-0.3, -0.25) is 14.4 Å². The third-order valence-corrected chi connectivity index (χ3v) is 11.5. The largest absolute Gasteiger partial charge is 0.465 e. The molecule has 6 atom stereocenters. The molecule has 2 bridgehead atoms. The smallest absolute Gasteiger partial charge is 0.310 e. The number of hydrogen-bond acceptors (Lipinski definition) is 6. The molecule has 2 amide bonds. The predicted molar refractivity (Wildman–Crippen MR) is 162 cm³/mol. The lowest BCUT2D eigenvalue weighted by molar-refractivity contribution is -0.154. The third-order valence-electron chi connectivity index (χ3n) is 8.28. The van der Waals surface area contributed by atoms with Crippen LogP contribution in [0.2, 0.25) is 0 Å². The van der Waals surface area contributed by atoms with Crippen molar-refractivity contribution >= 4 is 45.5 Å². The van der Waals surface area contributed by atoms with Gasteiger partial charge in [0, 0.05) is 36.3 Å². The Bertz CT molecular complexity index is 1070. The molecule has 1 spiro atoms. The van der Waals surface area contributed by atoms with Crippen LogP contribution in [-0.4, -0.2) is 79.9 Å². The minimum atomic E-state index is -0.695. The summed E-state index contributed by atoms with van der Waals surface area (Å²) in [5.74, 6) is -1.72. The summed E-state index contributed by atoms with van der Waals surface area (Å²) in [6, 6.07) is 9.17. The first-order chi connectivity index (χ1) is 19.4. The maximum Gasteiger partial charge on any atom is 0.310 e. The third kappa shape index (κ3) is 6.21. The number of halogens is 1. The number of hydrogen-bond donors (Lipinski definition) is 1. The summed E-state index contributed by atoms with van der Waals surface area (Å²) in [6.45, 7) is 9.28. The molecule has 1 N–H and O–H groups in total. The van der Waals surface area contributed by atoms with Gasteiger partial charge < -0.3 is 19.6 Å². The molecule has 40 heavy (non-hydrogen) atoms. The van der Waals surface area contributed by atoms with Gasteiger partial charge in [-0.15, -0.1) is 24.9 Å². The first kappa shape index (κ1) is 30.8. The molecule has 4 rings (SSSR count). The summed E-state index contributed by atoms with van der Waals surface area (Å²) in [6.07, 6.45) is 8.78. The van der Waals surface area contributed by atoms with E-state index in [-0.39, 0.29) is 34.5 Å². The lowest BCUT2D eigenvalue weighted by atomic mass is 9.71. The number of likely N-dealkylation sites (tertiary alicyclic amines) is 1. The van der Waals surface area contributed by atoms with Crippen LogP contribution in [0.4, 0.5) is 0 Å². The predicted octanol–water partition coefficient (Wildman–Crippen LogP) is 4.73. The molecule has 3 fully saturated rings. The van der Waals surface area contributed by atoms with Gasteiger partial charge in [0.1, 0.15) is 6.04 Å². The molecule has 3 aliphatic rings. The van der Waals surface area contributed by atoms with Crippen LogP contribution in [0.5, 0.6) is 0 Å². The van der Waals surface area contributed by atoms with Crippen LogP contribution in [0, 0.1) is 11.8 Å². The van der Waals surface area contributed by atoms with Crippen LogP contribution in [-0.2, 0) is 25.7 Å². The molecule has 0 radical (unpaired) electrons. The summed E-state index contributed by atoms with van der Waals surface area (Å²) < 4.78 is 4.98. The van der Waals surface area contributed by atoms with Gasteiger partial charge in [0.15, 0.2) is 0 Å². The van der Waals surface area contributed by atoms with E-state index in [0.717, 1.165) is 37.7 Å². The lowest BCUT2D eigenvalue weighted by Crippen LogP contribution is -2.55. The number of aliphatic hydroxyl groups is 1. The molecular weight excluding hydrogens is 592 g/mol. The summed E-state index contributed by atoms with van der Waals surface area (Å²) in [5.41, 5.74) is 1.01. The number of benzene rings is 1. The highest BCUT2D eigenvalue weighted by atomic mass is 79.9. The first-order valence-electron chi connectivity index (χ1n) is 14.3. The van der Waals surface area contributed by atoms with Crippen molar-refractivity contribution in [2.45, 2.75) is 72.4 Å². The summed E-state index contributed by atoms with van der Waals surface area (Å²) >= 11 is 5.45. The average Bonchev–Trinajstić information content (AvgIpc) is 3.54. The van der Waals surface area contributed by atoms with Gasteiger partial charge >= 0.3 is 5.97 Å². The van der Waals surface area contributed by atoms with E-state index in [4.69, 9.17) is 9.84 Å². The van der Waals surface area contributed by atoms with Crippen molar-refractivity contribution in [1.82, 2.24) is 9.80 Å². The zero-order valence-electron chi connectivity index (χ0n) is 23.1. The van der Waals surface area contributed by atoms with Crippen molar-refractivity contribution in [3.63, 3.8) is 0 Å². The molecule has 3 heterocycles. The molecule has 0 saturated carbocycles. The van der Waals surface area contributed by atoms with Crippen LogP contribution in [0.15, 0.2) is 55.6 Å². The minimum Gasteiger partial charge on any atom is -0.465 e. The molecule has 1 aromatic carbocycles. The Morgan fingerprint density at radius 3 is 2.60 bits per heavy atom. The number of alkyl halides is 1. The standard InChI is InChI=1S/C31H41BrN2O5S/c1-3-5-13-19-39-30(38)24-25-28(36)34(17-11-6-7-12-18-35)27(31(25)20-23(32)26(24)40-31)29(37)33(16-4-2)21-22-14-9-8-10-15-22/h3-4,8-10,14-15,23-27,35H,1-2,5-7,11-13,16-21H2/t23?,24-,25-,26-,27?,31?/m0/s1. The second kappa shape index (κ2) is 14.2. The Morgan fingerprint density at radius 1 is 1.15 bits per heavy atom. The highest BCUT2D eigenvalue weighted by Gasteiger charge is 2.76. The van der Waals surface area contributed by atoms with Crippen molar-refractivity contribution in [2.75, 3.05) is 26.3 Å². The normalized spacial score (nSPS) is 28.4. The number of aliphatic hydroxyl groups excluding tert-OH is 1. The van der Waals surface area contributed by atoms with Gasteiger partial charge in [-0.1, -0.05) is 71.3 Å². The Kier molecular flexibility index (Phi) is 10.9. The highest BCUT2D eigenvalue weighted by molar-refractivity contribution is 9.09. The number of esters is 1. The Morgan fingerprint density at radius 2 is 1.90 bits per heavy atom. The molecule has 9 heteroatoms. The van der Waals surface area contributed by atoms with E-state index < -0.39 is 22.6 Å².